The van der Waals surface area contributed by atoms with Gasteiger partial charge in [0.15, 0.2) is 0 Å². The molecule has 0 aromatic carbocycles. The fraction of sp³-hybridized carbons (Fsp3) is 0.200. The summed E-state index contributed by atoms with van der Waals surface area (Å²) in [7, 11) is 0. The second-order valence-corrected chi connectivity index (χ2v) is 0.814. The summed E-state index contributed by atoms with van der Waals surface area (Å²) in [5.41, 5.74) is 0. The first-order valence-corrected chi connectivity index (χ1v) is 1.84. The van der Waals surface area contributed by atoms with Crippen molar-refractivity contribution >= 4 is 6.21 Å². The molecular weight excluding hydrogens is 74.1 g/mol. The molecule has 0 aliphatic carbocycles. The summed E-state index contributed by atoms with van der Waals surface area (Å²) in [5, 5.41) is 0. The van der Waals surface area contributed by atoms with Crippen LogP contribution in [0.15, 0.2) is 17.3 Å². The van der Waals surface area contributed by atoms with Crippen LogP contribution < -0.4 is 0 Å². The van der Waals surface area contributed by atoms with Crippen LogP contribution >= 0.6 is 0 Å². The van der Waals surface area contributed by atoms with Crippen LogP contribution in [0.3, 0.4) is 0 Å². The van der Waals surface area contributed by atoms with Crippen molar-refractivity contribution in [1.82, 2.24) is 0 Å². The van der Waals surface area contributed by atoms with Crippen LogP contribution in [0.5, 0.6) is 0 Å². The molecule has 0 unspecified atom stereocenters. The Bertz CT molecular complexity index is 52.3. The lowest BCUT2D eigenvalue weighted by atomic mass is 10.7. The van der Waals surface area contributed by atoms with Gasteiger partial charge in [-0.15, -0.1) is 0 Å². The van der Waals surface area contributed by atoms with Crippen molar-refractivity contribution in [3.63, 3.8) is 0 Å². The summed E-state index contributed by atoms with van der Waals surface area (Å²) in [6.07, 6.45) is 5.04. The lowest BCUT2D eigenvalue weighted by Gasteiger charge is -1.64. The number of nitrogens with zero attached hydrogens (tertiary/aromatic N) is 1. The van der Waals surface area contributed by atoms with E-state index in [4.69, 9.17) is 0 Å². The molecule has 0 saturated heterocycles. The third-order valence-electron chi connectivity index (χ3n) is 0.341. The largest absolute Gasteiger partial charge is 0.269 e. The third kappa shape index (κ3) is 3.41. The van der Waals surface area contributed by atoms with E-state index >= 15 is 0 Å². The van der Waals surface area contributed by atoms with Gasteiger partial charge in [0, 0.05) is 12.4 Å². The van der Waals surface area contributed by atoms with Gasteiger partial charge in [0.2, 0.25) is 0 Å². The second kappa shape index (κ2) is 4.41. The molecule has 0 aliphatic rings. The normalized spacial score (nSPS) is 11.7. The number of hydrogen-bond donors (Lipinski definition) is 0. The molecule has 6 heavy (non-hydrogen) atoms. The van der Waals surface area contributed by atoms with E-state index < -0.39 is 0 Å². The van der Waals surface area contributed by atoms with Crippen LogP contribution in [0.4, 0.5) is 0 Å². The van der Waals surface area contributed by atoms with E-state index in [1.807, 2.05) is 13.0 Å². The van der Waals surface area contributed by atoms with Gasteiger partial charge in [-0.1, -0.05) is 6.08 Å². The molecule has 1 heteroatoms. The van der Waals surface area contributed by atoms with Crippen molar-refractivity contribution in [3.05, 3.63) is 19.2 Å². The summed E-state index contributed by atoms with van der Waals surface area (Å²) >= 11 is 0. The summed E-state index contributed by atoms with van der Waals surface area (Å²) < 4.78 is 0. The summed E-state index contributed by atoms with van der Waals surface area (Å²) in [6.45, 7) is 5.29. The lowest BCUT2D eigenvalue weighted by Crippen LogP contribution is -1.50. The highest BCUT2D eigenvalue weighted by Crippen LogP contribution is 1.66. The molecule has 0 heterocycles. The zero-order chi connectivity index (χ0) is 4.83. The van der Waals surface area contributed by atoms with E-state index in [1.165, 1.54) is 6.21 Å². The maximum atomic E-state index is 3.67. The fourth-order valence-electron chi connectivity index (χ4n) is 0.147. The quantitative estimate of drug-likeness (QED) is 0.424. The smallest absolute Gasteiger partial charge is 0.0221 e. The van der Waals surface area contributed by atoms with Crippen LogP contribution in [0.1, 0.15) is 6.92 Å². The molecule has 33 valence electrons. The van der Waals surface area contributed by atoms with E-state index in [9.17, 15) is 0 Å². The highest BCUT2D eigenvalue weighted by Gasteiger charge is 1.48. The van der Waals surface area contributed by atoms with E-state index in [-0.39, 0.29) is 0 Å². The molecule has 0 fully saturated rings. The Morgan fingerprint density at radius 1 is 1.67 bits per heavy atom. The van der Waals surface area contributed by atoms with Crippen molar-refractivity contribution in [2.75, 3.05) is 0 Å². The van der Waals surface area contributed by atoms with Crippen LogP contribution in [-0.4, -0.2) is 6.21 Å². The Balaban J connectivity index is 3.07. The molecule has 1 radical (unpaired) electrons. The van der Waals surface area contributed by atoms with Gasteiger partial charge in [0.1, 0.15) is 0 Å². The molecule has 0 rings (SSSR count). The number of rotatable bonds is 1. The molecule has 0 spiro atoms. The first-order valence-electron chi connectivity index (χ1n) is 1.84. The molecule has 0 atom stereocenters. The Morgan fingerprint density at radius 2 is 2.33 bits per heavy atom. The van der Waals surface area contributed by atoms with E-state index in [0.29, 0.717) is 0 Å². The predicted octanol–water partition coefficient (Wildman–Crippen LogP) is 1.42. The van der Waals surface area contributed by atoms with E-state index in [1.54, 1.807) is 6.20 Å². The molecule has 1 nitrogen and oxygen atoms in total. The molecule has 0 bridgehead atoms. The maximum Gasteiger partial charge on any atom is 0.0221 e. The third-order valence-corrected chi connectivity index (χ3v) is 0.341. The molecule has 0 aliphatic heterocycles. The first-order chi connectivity index (χ1) is 2.91. The Kier molecular flexibility index (Phi) is 3.98. The molecule has 0 amide bonds. The maximum absolute atomic E-state index is 3.67. The SMILES string of the molecule is [CH2]C=NC=CC. The number of aliphatic imine (C=N–C) groups is 1. The highest BCUT2D eigenvalue weighted by atomic mass is 14.6. The zero-order valence-corrected chi connectivity index (χ0v) is 3.89. The van der Waals surface area contributed by atoms with Gasteiger partial charge in [-0.25, -0.2) is 0 Å². The molecule has 0 aromatic heterocycles. The van der Waals surface area contributed by atoms with Gasteiger partial charge in [0.05, 0.1) is 0 Å². The lowest BCUT2D eigenvalue weighted by molar-refractivity contribution is 1.55. The molecule has 0 saturated carbocycles. The van der Waals surface area contributed by atoms with Crippen LogP contribution in [0, 0.1) is 6.92 Å². The van der Waals surface area contributed by atoms with Crippen molar-refractivity contribution in [1.29, 1.82) is 0 Å². The Labute approximate surface area is 38.4 Å². The minimum Gasteiger partial charge on any atom is -0.269 e. The topological polar surface area (TPSA) is 12.4 Å². The summed E-state index contributed by atoms with van der Waals surface area (Å²) in [6, 6.07) is 0. The van der Waals surface area contributed by atoms with Crippen molar-refractivity contribution in [2.24, 2.45) is 4.99 Å². The molecule has 0 aromatic rings. The van der Waals surface area contributed by atoms with Gasteiger partial charge in [0.25, 0.3) is 0 Å². The Hall–Kier alpha value is -0.590. The van der Waals surface area contributed by atoms with E-state index in [2.05, 4.69) is 11.9 Å². The van der Waals surface area contributed by atoms with Gasteiger partial charge in [-0.2, -0.15) is 0 Å². The summed E-state index contributed by atoms with van der Waals surface area (Å²) in [4.78, 5) is 3.67. The second-order valence-electron chi connectivity index (χ2n) is 0.814. The molecule has 0 N–H and O–H groups in total. The van der Waals surface area contributed by atoms with Crippen molar-refractivity contribution in [2.45, 2.75) is 6.92 Å². The van der Waals surface area contributed by atoms with E-state index in [0.717, 1.165) is 0 Å². The minimum absolute atomic E-state index is 1.50. The van der Waals surface area contributed by atoms with Crippen LogP contribution in [-0.2, 0) is 0 Å². The van der Waals surface area contributed by atoms with Crippen LogP contribution in [0.2, 0.25) is 0 Å². The standard InChI is InChI=1S/C5H8N/c1-3-5-6-4-2/h3-5H,2H2,1H3. The average molecular weight is 82.1 g/mol. The number of allylic oxidation sites excluding steroid dienone is 1. The summed E-state index contributed by atoms with van der Waals surface area (Å²) in [5.74, 6) is 0. The van der Waals surface area contributed by atoms with Gasteiger partial charge < -0.3 is 0 Å². The fourth-order valence-corrected chi connectivity index (χ4v) is 0.147. The zero-order valence-electron chi connectivity index (χ0n) is 3.89. The highest BCUT2D eigenvalue weighted by molar-refractivity contribution is 5.62. The van der Waals surface area contributed by atoms with Crippen molar-refractivity contribution < 1.29 is 0 Å². The predicted molar refractivity (Wildman–Crippen MR) is 28.7 cm³/mol. The number of hydrogen-bond acceptors (Lipinski definition) is 1. The van der Waals surface area contributed by atoms with Gasteiger partial charge in [-0.05, 0) is 13.8 Å². The van der Waals surface area contributed by atoms with Gasteiger partial charge >= 0.3 is 0 Å². The van der Waals surface area contributed by atoms with Gasteiger partial charge in [-0.3, -0.25) is 4.99 Å². The first kappa shape index (κ1) is 5.41. The average Bonchev–Trinajstić information content (AvgIpc) is 1.61. The monoisotopic (exact) mass is 82.1 g/mol. The van der Waals surface area contributed by atoms with Crippen LogP contribution in [0.25, 0.3) is 0 Å². The minimum atomic E-state index is 1.50. The Morgan fingerprint density at radius 3 is 2.50 bits per heavy atom. The molecular formula is C5H8N. The van der Waals surface area contributed by atoms with Crippen molar-refractivity contribution in [3.8, 4) is 0 Å².